The normalized spacial score (nSPS) is 17.1. The van der Waals surface area contributed by atoms with E-state index in [0.717, 1.165) is 11.1 Å². The quantitative estimate of drug-likeness (QED) is 0.631. The fourth-order valence-electron chi connectivity index (χ4n) is 3.00. The number of hydrogen-bond acceptors (Lipinski definition) is 4. The fraction of sp³-hybridized carbons (Fsp3) is 0.200. The maximum atomic E-state index is 13.1. The topological polar surface area (TPSA) is 42.4 Å². The first-order chi connectivity index (χ1) is 13.1. The van der Waals surface area contributed by atoms with Crippen LogP contribution in [-0.4, -0.2) is 35.5 Å². The minimum Gasteiger partial charge on any atom is -0.370 e. The van der Waals surface area contributed by atoms with Crippen molar-refractivity contribution in [2.24, 2.45) is 0 Å². The second kappa shape index (κ2) is 7.76. The van der Waals surface area contributed by atoms with Crippen molar-refractivity contribution in [2.45, 2.75) is 6.10 Å². The van der Waals surface area contributed by atoms with Gasteiger partial charge < -0.3 is 9.64 Å². The van der Waals surface area contributed by atoms with Crippen molar-refractivity contribution < 1.29 is 13.9 Å². The van der Waals surface area contributed by atoms with Crippen LogP contribution in [0.4, 0.5) is 4.39 Å². The number of carbonyl (C=O) groups is 1. The van der Waals surface area contributed by atoms with Crippen LogP contribution in [0.2, 0.25) is 5.02 Å². The number of carbonyl (C=O) groups excluding carboxylic acids is 1. The molecule has 0 N–H and O–H groups in total. The summed E-state index contributed by atoms with van der Waals surface area (Å²) in [6.07, 6.45) is 1.33. The van der Waals surface area contributed by atoms with Gasteiger partial charge in [0, 0.05) is 12.1 Å². The molecule has 1 aliphatic heterocycles. The summed E-state index contributed by atoms with van der Waals surface area (Å²) in [5.74, 6) is -0.375. The van der Waals surface area contributed by atoms with Gasteiger partial charge in [-0.1, -0.05) is 41.9 Å². The zero-order valence-corrected chi connectivity index (χ0v) is 15.8. The molecule has 1 saturated heterocycles. The van der Waals surface area contributed by atoms with Crippen molar-refractivity contribution in [3.8, 4) is 10.6 Å². The molecule has 138 valence electrons. The number of ether oxygens (including phenoxy) is 1. The minimum atomic E-state index is -0.292. The number of thiazole rings is 1. The second-order valence-corrected chi connectivity index (χ2v) is 7.61. The lowest BCUT2D eigenvalue weighted by Crippen LogP contribution is -2.42. The summed E-state index contributed by atoms with van der Waals surface area (Å²) < 4.78 is 18.9. The number of amides is 1. The van der Waals surface area contributed by atoms with Crippen molar-refractivity contribution in [3.05, 3.63) is 76.0 Å². The SMILES string of the molecule is O=C(c1cnc(-c2ccccc2Cl)s1)N1CCOC(c2ccc(F)cc2)C1. The summed E-state index contributed by atoms with van der Waals surface area (Å²) in [5.41, 5.74) is 1.67. The standard InChI is InChI=1S/C20H16ClFN2O2S/c21-16-4-2-1-3-15(16)19-23-11-18(27-19)20(25)24-9-10-26-17(12-24)13-5-7-14(22)8-6-13/h1-8,11,17H,9-10,12H2. The van der Waals surface area contributed by atoms with Crippen LogP contribution in [0, 0.1) is 5.82 Å². The van der Waals surface area contributed by atoms with Crippen LogP contribution in [-0.2, 0) is 4.74 Å². The number of benzene rings is 2. The Kier molecular flexibility index (Phi) is 5.20. The molecule has 1 amide bonds. The molecular weight excluding hydrogens is 387 g/mol. The molecule has 0 bridgehead atoms. The molecule has 27 heavy (non-hydrogen) atoms. The van der Waals surface area contributed by atoms with Gasteiger partial charge in [-0.15, -0.1) is 11.3 Å². The average Bonchev–Trinajstić information content (AvgIpc) is 3.18. The molecule has 4 rings (SSSR count). The number of rotatable bonds is 3. The predicted octanol–water partition coefficient (Wildman–Crippen LogP) is 4.82. The molecule has 3 aromatic rings. The summed E-state index contributed by atoms with van der Waals surface area (Å²) >= 11 is 7.55. The van der Waals surface area contributed by atoms with E-state index in [9.17, 15) is 9.18 Å². The van der Waals surface area contributed by atoms with Crippen LogP contribution < -0.4 is 0 Å². The Morgan fingerprint density at radius 3 is 2.78 bits per heavy atom. The molecule has 0 saturated carbocycles. The molecule has 1 aliphatic rings. The lowest BCUT2D eigenvalue weighted by atomic mass is 10.1. The highest BCUT2D eigenvalue weighted by Gasteiger charge is 2.27. The van der Waals surface area contributed by atoms with E-state index in [2.05, 4.69) is 4.98 Å². The Hall–Kier alpha value is -2.28. The Morgan fingerprint density at radius 2 is 2.00 bits per heavy atom. The highest BCUT2D eigenvalue weighted by molar-refractivity contribution is 7.17. The smallest absolute Gasteiger partial charge is 0.265 e. The van der Waals surface area contributed by atoms with Gasteiger partial charge in [0.2, 0.25) is 0 Å². The van der Waals surface area contributed by atoms with Crippen LogP contribution in [0.15, 0.2) is 54.7 Å². The van der Waals surface area contributed by atoms with Gasteiger partial charge in [-0.3, -0.25) is 4.79 Å². The predicted molar refractivity (Wildman–Crippen MR) is 104 cm³/mol. The number of hydrogen-bond donors (Lipinski definition) is 0. The number of morpholine rings is 1. The molecule has 2 aromatic carbocycles. The molecule has 4 nitrogen and oxygen atoms in total. The van der Waals surface area contributed by atoms with Crippen LogP contribution in [0.1, 0.15) is 21.3 Å². The van der Waals surface area contributed by atoms with Gasteiger partial charge in [-0.05, 0) is 23.8 Å². The fourth-order valence-corrected chi connectivity index (χ4v) is 4.21. The number of halogens is 2. The summed E-state index contributed by atoms with van der Waals surface area (Å²) in [6, 6.07) is 13.6. The molecule has 7 heteroatoms. The summed E-state index contributed by atoms with van der Waals surface area (Å²) in [5, 5.41) is 1.32. The van der Waals surface area contributed by atoms with Crippen LogP contribution in [0.25, 0.3) is 10.6 Å². The second-order valence-electron chi connectivity index (χ2n) is 6.17. The summed E-state index contributed by atoms with van der Waals surface area (Å²) in [7, 11) is 0. The van der Waals surface area contributed by atoms with Crippen LogP contribution in [0.5, 0.6) is 0 Å². The maximum absolute atomic E-state index is 13.1. The third-order valence-corrected chi connectivity index (χ3v) is 5.76. The molecule has 1 fully saturated rings. The number of nitrogens with zero attached hydrogens (tertiary/aromatic N) is 2. The van der Waals surface area contributed by atoms with E-state index in [0.29, 0.717) is 34.6 Å². The van der Waals surface area contributed by atoms with E-state index in [1.54, 1.807) is 29.3 Å². The van der Waals surface area contributed by atoms with Crippen molar-refractivity contribution in [2.75, 3.05) is 19.7 Å². The van der Waals surface area contributed by atoms with Gasteiger partial charge in [-0.2, -0.15) is 0 Å². The molecule has 1 unspecified atom stereocenters. The Labute approximate surface area is 165 Å². The van der Waals surface area contributed by atoms with Gasteiger partial charge >= 0.3 is 0 Å². The van der Waals surface area contributed by atoms with E-state index >= 15 is 0 Å². The monoisotopic (exact) mass is 402 g/mol. The molecular formula is C20H16ClFN2O2S. The first kappa shape index (κ1) is 18.1. The van der Waals surface area contributed by atoms with Crippen LogP contribution in [0.3, 0.4) is 0 Å². The first-order valence-corrected chi connectivity index (χ1v) is 9.68. The maximum Gasteiger partial charge on any atom is 0.265 e. The minimum absolute atomic E-state index is 0.0822. The first-order valence-electron chi connectivity index (χ1n) is 8.49. The highest BCUT2D eigenvalue weighted by Crippen LogP contribution is 2.32. The van der Waals surface area contributed by atoms with Crippen molar-refractivity contribution >= 4 is 28.8 Å². The van der Waals surface area contributed by atoms with E-state index in [1.807, 2.05) is 18.2 Å². The molecule has 0 spiro atoms. The molecule has 0 radical (unpaired) electrons. The Balaban J connectivity index is 1.51. The van der Waals surface area contributed by atoms with E-state index in [4.69, 9.17) is 16.3 Å². The Morgan fingerprint density at radius 1 is 1.22 bits per heavy atom. The lowest BCUT2D eigenvalue weighted by molar-refractivity contribution is -0.0226. The van der Waals surface area contributed by atoms with Crippen molar-refractivity contribution in [3.63, 3.8) is 0 Å². The lowest BCUT2D eigenvalue weighted by Gasteiger charge is -2.32. The number of aromatic nitrogens is 1. The molecule has 0 aliphatic carbocycles. The summed E-state index contributed by atoms with van der Waals surface area (Å²) in [4.78, 5) is 19.6. The van der Waals surface area contributed by atoms with Crippen molar-refractivity contribution in [1.29, 1.82) is 0 Å². The Bertz CT molecular complexity index is 961. The van der Waals surface area contributed by atoms with E-state index in [-0.39, 0.29) is 17.8 Å². The van der Waals surface area contributed by atoms with Crippen LogP contribution >= 0.6 is 22.9 Å². The van der Waals surface area contributed by atoms with Crippen molar-refractivity contribution in [1.82, 2.24) is 9.88 Å². The highest BCUT2D eigenvalue weighted by atomic mass is 35.5. The largest absolute Gasteiger partial charge is 0.370 e. The van der Waals surface area contributed by atoms with Gasteiger partial charge in [0.25, 0.3) is 5.91 Å². The molecule has 1 aromatic heterocycles. The third kappa shape index (κ3) is 3.88. The van der Waals surface area contributed by atoms with Gasteiger partial charge in [0.15, 0.2) is 0 Å². The summed E-state index contributed by atoms with van der Waals surface area (Å²) in [6.45, 7) is 1.36. The van der Waals surface area contributed by atoms with E-state index < -0.39 is 0 Å². The van der Waals surface area contributed by atoms with Gasteiger partial charge in [0.1, 0.15) is 21.8 Å². The molecule has 2 heterocycles. The third-order valence-electron chi connectivity index (χ3n) is 4.42. The average molecular weight is 403 g/mol. The zero-order chi connectivity index (χ0) is 18.8. The van der Waals surface area contributed by atoms with Gasteiger partial charge in [0.05, 0.1) is 24.4 Å². The van der Waals surface area contributed by atoms with E-state index in [1.165, 1.54) is 23.5 Å². The zero-order valence-electron chi connectivity index (χ0n) is 14.3. The molecule has 1 atom stereocenters. The van der Waals surface area contributed by atoms with Gasteiger partial charge in [-0.25, -0.2) is 9.37 Å².